The summed E-state index contributed by atoms with van der Waals surface area (Å²) in [5.41, 5.74) is 3.81. The van der Waals surface area contributed by atoms with Gasteiger partial charge in [0, 0.05) is 12.1 Å². The summed E-state index contributed by atoms with van der Waals surface area (Å²) < 4.78 is 58.0. The van der Waals surface area contributed by atoms with Crippen molar-refractivity contribution in [3.8, 4) is 11.6 Å². The summed E-state index contributed by atoms with van der Waals surface area (Å²) in [7, 11) is -4.28. The minimum absolute atomic E-state index is 0.00959. The first kappa shape index (κ1) is 23.4. The van der Waals surface area contributed by atoms with Gasteiger partial charge < -0.3 is 19.7 Å². The first-order chi connectivity index (χ1) is 16.6. The van der Waals surface area contributed by atoms with Crippen molar-refractivity contribution in [1.82, 2.24) is 19.5 Å². The molecule has 2 saturated heterocycles. The molecule has 0 spiro atoms. The number of fused-ring (bicyclic) bond motifs is 2. The van der Waals surface area contributed by atoms with E-state index >= 15 is 4.39 Å². The largest absolute Gasteiger partial charge is 0.530 e. The number of nitrogens with zero attached hydrogens (tertiary/aromatic N) is 5. The molecule has 16 heteroatoms. The Morgan fingerprint density at radius 3 is 2.80 bits per heavy atom. The van der Waals surface area contributed by atoms with E-state index in [2.05, 4.69) is 15.0 Å². The molecule has 1 aromatic carbocycles. The van der Waals surface area contributed by atoms with Gasteiger partial charge in [0.25, 0.3) is 5.69 Å². The molecule has 14 nitrogen and oxygen atoms in total. The van der Waals surface area contributed by atoms with Crippen LogP contribution in [0.15, 0.2) is 30.6 Å². The van der Waals surface area contributed by atoms with Crippen LogP contribution in [0.25, 0.3) is 11.2 Å². The van der Waals surface area contributed by atoms with Crippen LogP contribution in [0, 0.1) is 10.1 Å². The summed E-state index contributed by atoms with van der Waals surface area (Å²) in [5.74, 6) is 0.0363. The highest BCUT2D eigenvalue weighted by molar-refractivity contribution is 7.49. The Hall–Kier alpha value is -3.39. The summed E-state index contributed by atoms with van der Waals surface area (Å²) in [6.07, 6.45) is -2.25. The number of aromatic nitrogens is 4. The fourth-order valence-corrected chi connectivity index (χ4v) is 5.45. The van der Waals surface area contributed by atoms with E-state index in [0.717, 1.165) is 12.1 Å². The van der Waals surface area contributed by atoms with Crippen molar-refractivity contribution in [1.29, 1.82) is 0 Å². The maximum absolute atomic E-state index is 16.2. The Bertz CT molecular complexity index is 1330. The van der Waals surface area contributed by atoms with Crippen LogP contribution in [0.2, 0.25) is 0 Å². The van der Waals surface area contributed by atoms with E-state index in [0.29, 0.717) is 6.61 Å². The van der Waals surface area contributed by atoms with Gasteiger partial charge in [-0.1, -0.05) is 0 Å². The van der Waals surface area contributed by atoms with E-state index < -0.39 is 36.9 Å². The number of imidazole rings is 1. The van der Waals surface area contributed by atoms with Gasteiger partial charge in [0.15, 0.2) is 23.1 Å². The van der Waals surface area contributed by atoms with Crippen LogP contribution in [-0.2, 0) is 18.3 Å². The summed E-state index contributed by atoms with van der Waals surface area (Å²) in [4.78, 5) is 22.6. The van der Waals surface area contributed by atoms with E-state index in [-0.39, 0.29) is 41.0 Å². The number of phosphoric ester groups is 1. The van der Waals surface area contributed by atoms with Gasteiger partial charge in [-0.2, -0.15) is 9.97 Å². The van der Waals surface area contributed by atoms with Gasteiger partial charge in [-0.3, -0.25) is 23.7 Å². The highest BCUT2D eigenvalue weighted by Crippen LogP contribution is 2.59. The van der Waals surface area contributed by atoms with Crippen LogP contribution in [0.4, 0.5) is 16.0 Å². The molecule has 0 amide bonds. The predicted molar refractivity (Wildman–Crippen MR) is 116 cm³/mol. The van der Waals surface area contributed by atoms with Crippen LogP contribution in [0.1, 0.15) is 20.1 Å². The average Bonchev–Trinajstić information content (AvgIpc) is 3.32. The number of hydrogen-bond donors (Lipinski definition) is 1. The van der Waals surface area contributed by atoms with Gasteiger partial charge in [0.05, 0.1) is 24.5 Å². The number of benzene rings is 1. The second-order valence-corrected chi connectivity index (χ2v) is 9.48. The van der Waals surface area contributed by atoms with Gasteiger partial charge in [0.1, 0.15) is 18.0 Å². The van der Waals surface area contributed by atoms with E-state index in [1.807, 2.05) is 0 Å². The molecule has 4 heterocycles. The lowest BCUT2D eigenvalue weighted by Gasteiger charge is -2.33. The normalized spacial score (nSPS) is 30.2. The molecule has 0 radical (unpaired) electrons. The van der Waals surface area contributed by atoms with Crippen molar-refractivity contribution in [2.24, 2.45) is 0 Å². The van der Waals surface area contributed by atoms with Crippen LogP contribution >= 0.6 is 7.82 Å². The van der Waals surface area contributed by atoms with E-state index in [4.69, 9.17) is 28.8 Å². The molecule has 2 aliphatic heterocycles. The van der Waals surface area contributed by atoms with Crippen molar-refractivity contribution in [3.05, 3.63) is 40.7 Å². The topological polar surface area (TPSA) is 176 Å². The third kappa shape index (κ3) is 4.05. The summed E-state index contributed by atoms with van der Waals surface area (Å²) in [6.45, 7) is 3.00. The Balaban J connectivity index is 1.41. The predicted octanol–water partition coefficient (Wildman–Crippen LogP) is 2.94. The van der Waals surface area contributed by atoms with Gasteiger partial charge in [-0.15, -0.1) is 0 Å². The number of anilines is 1. The molecule has 5 rings (SSSR count). The van der Waals surface area contributed by atoms with Crippen molar-refractivity contribution in [3.63, 3.8) is 0 Å². The van der Waals surface area contributed by atoms with Gasteiger partial charge >= 0.3 is 7.82 Å². The number of nitrogen functional groups attached to an aromatic ring is 1. The van der Waals surface area contributed by atoms with Crippen molar-refractivity contribution in [2.45, 2.75) is 38.0 Å². The number of ether oxygens (including phenoxy) is 2. The Morgan fingerprint density at radius 2 is 2.11 bits per heavy atom. The van der Waals surface area contributed by atoms with Gasteiger partial charge in [-0.25, -0.2) is 13.9 Å². The molecule has 186 valence electrons. The summed E-state index contributed by atoms with van der Waals surface area (Å²) >= 11 is 0. The van der Waals surface area contributed by atoms with E-state index in [1.54, 1.807) is 6.92 Å². The zero-order chi connectivity index (χ0) is 25.0. The van der Waals surface area contributed by atoms with Crippen molar-refractivity contribution < 1.29 is 36.9 Å². The minimum Gasteiger partial charge on any atom is -0.476 e. The molecule has 2 N–H and O–H groups in total. The number of nitrogens with two attached hydrogens (primary N) is 1. The molecule has 0 bridgehead atoms. The Kier molecular flexibility index (Phi) is 5.59. The average molecular weight is 510 g/mol. The zero-order valence-electron chi connectivity index (χ0n) is 18.4. The van der Waals surface area contributed by atoms with E-state index in [9.17, 15) is 14.7 Å². The Morgan fingerprint density at radius 1 is 1.37 bits per heavy atom. The fraction of sp³-hybridized carbons (Fsp3) is 0.421. The molecule has 0 aliphatic carbocycles. The number of nitro groups is 1. The Labute approximate surface area is 196 Å². The molecule has 2 fully saturated rings. The number of alkyl halides is 1. The number of hydrogen-bond acceptors (Lipinski definition) is 12. The minimum atomic E-state index is -4.28. The molecule has 0 saturated carbocycles. The molecular formula is C19H20FN6O8P. The van der Waals surface area contributed by atoms with Crippen LogP contribution < -0.4 is 15.0 Å². The van der Waals surface area contributed by atoms with E-state index in [1.165, 1.54) is 30.0 Å². The highest BCUT2D eigenvalue weighted by Gasteiger charge is 2.62. The molecule has 3 aromatic rings. The first-order valence-corrected chi connectivity index (χ1v) is 11.9. The van der Waals surface area contributed by atoms with Gasteiger partial charge in [0.2, 0.25) is 11.8 Å². The third-order valence-electron chi connectivity index (χ3n) is 5.53. The lowest BCUT2D eigenvalue weighted by Crippen LogP contribution is -2.45. The maximum Gasteiger partial charge on any atom is 0.530 e. The number of non-ortho nitro benzene ring substituents is 1. The molecular weight excluding hydrogens is 490 g/mol. The fourth-order valence-electron chi connectivity index (χ4n) is 3.96. The zero-order valence-corrected chi connectivity index (χ0v) is 19.3. The first-order valence-electron chi connectivity index (χ1n) is 10.5. The monoisotopic (exact) mass is 510 g/mol. The SMILES string of the molecule is CCOc1nc(N)nc2c1ncn2[C@@H]1O[C@@H]2COP(=O)(Oc3ccc([N+](=O)[O-])cc3)O[C@H]2[C@@]1(C)F. The number of phosphoric acid groups is 1. The number of halogens is 1. The molecule has 2 aliphatic rings. The van der Waals surface area contributed by atoms with Crippen molar-refractivity contribution in [2.75, 3.05) is 18.9 Å². The lowest BCUT2D eigenvalue weighted by atomic mass is 9.98. The lowest BCUT2D eigenvalue weighted by molar-refractivity contribution is -0.384. The van der Waals surface area contributed by atoms with Crippen molar-refractivity contribution >= 4 is 30.6 Å². The molecule has 2 aromatic heterocycles. The smallest absolute Gasteiger partial charge is 0.476 e. The number of nitro benzene ring substituents is 1. The van der Waals surface area contributed by atoms with Crippen LogP contribution in [-0.4, -0.2) is 55.5 Å². The third-order valence-corrected chi connectivity index (χ3v) is 6.91. The molecule has 5 atom stereocenters. The second kappa shape index (κ2) is 8.37. The summed E-state index contributed by atoms with van der Waals surface area (Å²) in [5, 5.41) is 10.8. The van der Waals surface area contributed by atoms with Crippen LogP contribution in [0.3, 0.4) is 0 Å². The quantitative estimate of drug-likeness (QED) is 0.292. The maximum atomic E-state index is 16.2. The molecule has 1 unspecified atom stereocenters. The summed E-state index contributed by atoms with van der Waals surface area (Å²) in [6, 6.07) is 4.79. The standard InChI is InChI=1S/C19H20FN6O8P/c1-3-30-16-13-15(23-18(21)24-16)25(9-22-13)17-19(2,20)14-12(32-17)8-31-35(29,34-14)33-11-6-4-10(5-7-11)26(27)28/h4-7,9,12,14,17H,3,8H2,1-2H3,(H2,21,23,24)/t12-,14-,17-,19-,35?/m1/s1. The number of rotatable bonds is 6. The second-order valence-electron chi connectivity index (χ2n) is 7.93. The molecule has 35 heavy (non-hydrogen) atoms. The van der Waals surface area contributed by atoms with Crippen LogP contribution in [0.5, 0.6) is 11.6 Å². The highest BCUT2D eigenvalue weighted by atomic mass is 31.2. The van der Waals surface area contributed by atoms with Gasteiger partial charge in [-0.05, 0) is 26.0 Å².